The molecule has 1 unspecified atom stereocenters. The van der Waals surface area contributed by atoms with Crippen LogP contribution in [0.1, 0.15) is 5.89 Å². The van der Waals surface area contributed by atoms with Crippen molar-refractivity contribution in [3.05, 3.63) is 18.3 Å². The highest BCUT2D eigenvalue weighted by Crippen LogP contribution is 2.13. The topological polar surface area (TPSA) is 92.0 Å². The van der Waals surface area contributed by atoms with Crippen molar-refractivity contribution >= 4 is 0 Å². The molecule has 2 aromatic heterocycles. The number of nitrogens with two attached hydrogens (primary N) is 1. The first-order valence-electron chi connectivity index (χ1n) is 5.27. The van der Waals surface area contributed by atoms with Gasteiger partial charge < -0.3 is 19.6 Å². The summed E-state index contributed by atoms with van der Waals surface area (Å²) >= 11 is 0. The molecule has 0 fully saturated rings. The standard InChI is InChI=1S/C10H15N5O2/c1-15-4-3-12-10(15)9-13-8(17-14-9)5-7(6-11)16-2/h3-4,7H,5-6,11H2,1-2H3. The van der Waals surface area contributed by atoms with Crippen LogP contribution >= 0.6 is 0 Å². The average Bonchev–Trinajstić information content (AvgIpc) is 2.94. The molecule has 2 rings (SSSR count). The Bertz CT molecular complexity index is 475. The number of imidazole rings is 1. The van der Waals surface area contributed by atoms with Gasteiger partial charge >= 0.3 is 0 Å². The predicted molar refractivity (Wildman–Crippen MR) is 60.1 cm³/mol. The van der Waals surface area contributed by atoms with Crippen LogP contribution < -0.4 is 5.73 Å². The Balaban J connectivity index is 2.14. The van der Waals surface area contributed by atoms with Gasteiger partial charge in [0, 0.05) is 33.1 Å². The Kier molecular flexibility index (Phi) is 3.50. The zero-order valence-electron chi connectivity index (χ0n) is 9.83. The minimum Gasteiger partial charge on any atom is -0.380 e. The van der Waals surface area contributed by atoms with Crippen LogP contribution in [0.5, 0.6) is 0 Å². The number of methoxy groups -OCH3 is 1. The van der Waals surface area contributed by atoms with Crippen molar-refractivity contribution in [2.45, 2.75) is 12.5 Å². The number of aryl methyl sites for hydroxylation is 1. The molecule has 17 heavy (non-hydrogen) atoms. The molecule has 0 aromatic carbocycles. The van der Waals surface area contributed by atoms with Gasteiger partial charge in [-0.2, -0.15) is 4.98 Å². The van der Waals surface area contributed by atoms with E-state index < -0.39 is 0 Å². The second-order valence-corrected chi connectivity index (χ2v) is 3.67. The van der Waals surface area contributed by atoms with E-state index in [1.165, 1.54) is 0 Å². The van der Waals surface area contributed by atoms with E-state index in [0.29, 0.717) is 30.5 Å². The van der Waals surface area contributed by atoms with E-state index in [1.54, 1.807) is 13.3 Å². The quantitative estimate of drug-likeness (QED) is 0.786. The molecular formula is C10H15N5O2. The highest BCUT2D eigenvalue weighted by atomic mass is 16.5. The molecule has 0 aliphatic heterocycles. The summed E-state index contributed by atoms with van der Waals surface area (Å²) in [6, 6.07) is 0. The Morgan fingerprint density at radius 2 is 2.41 bits per heavy atom. The first kappa shape index (κ1) is 11.7. The largest absolute Gasteiger partial charge is 0.380 e. The van der Waals surface area contributed by atoms with E-state index in [-0.39, 0.29) is 6.10 Å². The molecular weight excluding hydrogens is 222 g/mol. The fraction of sp³-hybridized carbons (Fsp3) is 0.500. The van der Waals surface area contributed by atoms with Gasteiger partial charge in [0.1, 0.15) is 0 Å². The highest BCUT2D eigenvalue weighted by molar-refractivity contribution is 5.42. The second-order valence-electron chi connectivity index (χ2n) is 3.67. The smallest absolute Gasteiger partial charge is 0.238 e. The van der Waals surface area contributed by atoms with Crippen molar-refractivity contribution in [3.63, 3.8) is 0 Å². The molecule has 7 nitrogen and oxygen atoms in total. The fourth-order valence-corrected chi connectivity index (χ4v) is 1.47. The normalized spacial score (nSPS) is 12.9. The summed E-state index contributed by atoms with van der Waals surface area (Å²) in [6.07, 6.45) is 3.90. The third-order valence-electron chi connectivity index (χ3n) is 2.49. The zero-order chi connectivity index (χ0) is 12.3. The van der Waals surface area contributed by atoms with Gasteiger partial charge in [-0.1, -0.05) is 5.16 Å². The third kappa shape index (κ3) is 2.51. The molecule has 1 atom stereocenters. The molecule has 0 spiro atoms. The van der Waals surface area contributed by atoms with Crippen LogP contribution in [-0.4, -0.2) is 39.5 Å². The van der Waals surface area contributed by atoms with Crippen molar-refractivity contribution in [2.75, 3.05) is 13.7 Å². The van der Waals surface area contributed by atoms with Crippen LogP contribution in [0, 0.1) is 0 Å². The Hall–Kier alpha value is -1.73. The van der Waals surface area contributed by atoms with Crippen LogP contribution in [0.4, 0.5) is 0 Å². The van der Waals surface area contributed by atoms with Gasteiger partial charge in [0.15, 0.2) is 5.82 Å². The summed E-state index contributed by atoms with van der Waals surface area (Å²) in [4.78, 5) is 8.39. The molecule has 2 heterocycles. The number of aromatic nitrogens is 4. The van der Waals surface area contributed by atoms with Crippen LogP contribution in [0.15, 0.2) is 16.9 Å². The summed E-state index contributed by atoms with van der Waals surface area (Å²) in [5, 5.41) is 3.88. The Morgan fingerprint density at radius 1 is 1.59 bits per heavy atom. The van der Waals surface area contributed by atoms with E-state index >= 15 is 0 Å². The van der Waals surface area contributed by atoms with Gasteiger partial charge in [0.2, 0.25) is 11.7 Å². The van der Waals surface area contributed by atoms with E-state index in [2.05, 4.69) is 15.1 Å². The molecule has 0 saturated heterocycles. The number of ether oxygens (including phenoxy) is 1. The van der Waals surface area contributed by atoms with Crippen molar-refractivity contribution in [1.29, 1.82) is 0 Å². The molecule has 92 valence electrons. The molecule has 7 heteroatoms. The van der Waals surface area contributed by atoms with Crippen LogP contribution in [0.2, 0.25) is 0 Å². The van der Waals surface area contributed by atoms with E-state index in [1.807, 2.05) is 17.8 Å². The molecule has 0 aliphatic rings. The van der Waals surface area contributed by atoms with Gasteiger partial charge in [-0.3, -0.25) is 0 Å². The SMILES string of the molecule is COC(CN)Cc1nc(-c2nccn2C)no1. The van der Waals surface area contributed by atoms with E-state index in [0.717, 1.165) is 0 Å². The minimum absolute atomic E-state index is 0.107. The monoisotopic (exact) mass is 237 g/mol. The summed E-state index contributed by atoms with van der Waals surface area (Å²) in [7, 11) is 3.48. The fourth-order valence-electron chi connectivity index (χ4n) is 1.47. The van der Waals surface area contributed by atoms with E-state index in [9.17, 15) is 0 Å². The first-order valence-corrected chi connectivity index (χ1v) is 5.27. The molecule has 0 bridgehead atoms. The number of nitrogens with zero attached hydrogens (tertiary/aromatic N) is 4. The number of hydrogen-bond acceptors (Lipinski definition) is 6. The molecule has 2 aromatic rings. The maximum absolute atomic E-state index is 5.53. The van der Waals surface area contributed by atoms with Crippen molar-refractivity contribution in [3.8, 4) is 11.6 Å². The lowest BCUT2D eigenvalue weighted by Crippen LogP contribution is -2.24. The Labute approximate surface area is 98.6 Å². The van der Waals surface area contributed by atoms with Crippen molar-refractivity contribution in [2.24, 2.45) is 12.8 Å². The van der Waals surface area contributed by atoms with Gasteiger partial charge in [-0.05, 0) is 0 Å². The zero-order valence-corrected chi connectivity index (χ0v) is 9.83. The molecule has 0 radical (unpaired) electrons. The van der Waals surface area contributed by atoms with Crippen LogP contribution in [0.3, 0.4) is 0 Å². The van der Waals surface area contributed by atoms with Gasteiger partial charge in [0.05, 0.1) is 12.5 Å². The maximum Gasteiger partial charge on any atom is 0.238 e. The van der Waals surface area contributed by atoms with Crippen molar-refractivity contribution in [1.82, 2.24) is 19.7 Å². The number of hydrogen-bond donors (Lipinski definition) is 1. The van der Waals surface area contributed by atoms with Crippen LogP contribution in [0.25, 0.3) is 11.6 Å². The van der Waals surface area contributed by atoms with Crippen LogP contribution in [-0.2, 0) is 18.2 Å². The van der Waals surface area contributed by atoms with Crippen molar-refractivity contribution < 1.29 is 9.26 Å². The highest BCUT2D eigenvalue weighted by Gasteiger charge is 2.15. The molecule has 0 amide bonds. The summed E-state index contributed by atoms with van der Waals surface area (Å²) in [5.74, 6) is 1.64. The summed E-state index contributed by atoms with van der Waals surface area (Å²) in [6.45, 7) is 0.413. The molecule has 0 aliphatic carbocycles. The van der Waals surface area contributed by atoms with Gasteiger partial charge in [-0.15, -0.1) is 0 Å². The molecule has 0 saturated carbocycles. The lowest BCUT2D eigenvalue weighted by molar-refractivity contribution is 0.102. The third-order valence-corrected chi connectivity index (χ3v) is 2.49. The predicted octanol–water partition coefficient (Wildman–Crippen LogP) is -0.0137. The first-order chi connectivity index (χ1) is 8.24. The minimum atomic E-state index is -0.107. The Morgan fingerprint density at radius 3 is 3.00 bits per heavy atom. The van der Waals surface area contributed by atoms with Gasteiger partial charge in [-0.25, -0.2) is 4.98 Å². The van der Waals surface area contributed by atoms with Gasteiger partial charge in [0.25, 0.3) is 0 Å². The van der Waals surface area contributed by atoms with E-state index in [4.69, 9.17) is 15.0 Å². The lowest BCUT2D eigenvalue weighted by Gasteiger charge is -2.08. The number of rotatable bonds is 5. The average molecular weight is 237 g/mol. The lowest BCUT2D eigenvalue weighted by atomic mass is 10.2. The molecule has 2 N–H and O–H groups in total. The summed E-state index contributed by atoms with van der Waals surface area (Å²) < 4.78 is 12.1. The summed E-state index contributed by atoms with van der Waals surface area (Å²) in [5.41, 5.74) is 5.53. The second kappa shape index (κ2) is 5.07. The maximum atomic E-state index is 5.53.